The smallest absolute Gasteiger partial charge is 0.247 e. The largest absolute Gasteiger partial charge is 0.322 e. The summed E-state index contributed by atoms with van der Waals surface area (Å²) in [4.78, 5) is 10.5. The highest BCUT2D eigenvalue weighted by molar-refractivity contribution is 7.90. The third-order valence-electron chi connectivity index (χ3n) is 0.928. The van der Waals surface area contributed by atoms with Crippen LogP contribution < -0.4 is 10.5 Å². The standard InChI is InChI=1S/C5H12N2O3S/c1-2-3-11(9,10)7-5(8)4-6/h2-4,6H2,1H3,(H,7,8). The Morgan fingerprint density at radius 3 is 2.45 bits per heavy atom. The van der Waals surface area contributed by atoms with E-state index < -0.39 is 15.9 Å². The third kappa shape index (κ3) is 4.74. The number of rotatable bonds is 4. The average molecular weight is 180 g/mol. The molecule has 3 N–H and O–H groups in total. The monoisotopic (exact) mass is 180 g/mol. The van der Waals surface area contributed by atoms with Gasteiger partial charge in [-0.2, -0.15) is 0 Å². The van der Waals surface area contributed by atoms with Gasteiger partial charge in [0.1, 0.15) is 0 Å². The molecule has 0 aromatic carbocycles. The van der Waals surface area contributed by atoms with E-state index in [0.29, 0.717) is 6.42 Å². The molecule has 1 amide bonds. The topological polar surface area (TPSA) is 89.3 Å². The lowest BCUT2D eigenvalue weighted by Crippen LogP contribution is -2.36. The predicted molar refractivity (Wildman–Crippen MR) is 41.3 cm³/mol. The number of hydrogen-bond donors (Lipinski definition) is 2. The number of amides is 1. The Hall–Kier alpha value is -0.620. The van der Waals surface area contributed by atoms with Crippen LogP contribution in [0.1, 0.15) is 13.3 Å². The van der Waals surface area contributed by atoms with Crippen LogP contribution in [0, 0.1) is 0 Å². The summed E-state index contributed by atoms with van der Waals surface area (Å²) in [7, 11) is -3.42. The molecule has 0 aliphatic carbocycles. The van der Waals surface area contributed by atoms with Crippen molar-refractivity contribution in [2.24, 2.45) is 5.73 Å². The van der Waals surface area contributed by atoms with E-state index in [9.17, 15) is 13.2 Å². The molecule has 0 aliphatic heterocycles. The summed E-state index contributed by atoms with van der Waals surface area (Å²) in [6.07, 6.45) is 0.479. The lowest BCUT2D eigenvalue weighted by atomic mass is 10.6. The van der Waals surface area contributed by atoms with Gasteiger partial charge >= 0.3 is 0 Å². The minimum Gasteiger partial charge on any atom is -0.322 e. The summed E-state index contributed by atoms with van der Waals surface area (Å²) in [5.74, 6) is -0.711. The number of carbonyl (C=O) groups is 1. The van der Waals surface area contributed by atoms with Crippen LogP contribution in [0.15, 0.2) is 0 Å². The maximum Gasteiger partial charge on any atom is 0.247 e. The van der Waals surface area contributed by atoms with E-state index in [0.717, 1.165) is 0 Å². The Bertz CT molecular complexity index is 222. The van der Waals surface area contributed by atoms with Gasteiger partial charge in [-0.1, -0.05) is 6.92 Å². The number of hydrogen-bond acceptors (Lipinski definition) is 4. The van der Waals surface area contributed by atoms with E-state index >= 15 is 0 Å². The lowest BCUT2D eigenvalue weighted by molar-refractivity contribution is -0.118. The van der Waals surface area contributed by atoms with Crippen LogP contribution in [0.2, 0.25) is 0 Å². The molecule has 0 atom stereocenters. The maximum absolute atomic E-state index is 10.8. The third-order valence-corrected chi connectivity index (χ3v) is 2.41. The molecule has 0 aromatic rings. The summed E-state index contributed by atoms with van der Waals surface area (Å²) >= 11 is 0. The quantitative estimate of drug-likeness (QED) is 0.568. The van der Waals surface area contributed by atoms with Crippen molar-refractivity contribution >= 4 is 15.9 Å². The van der Waals surface area contributed by atoms with Crippen molar-refractivity contribution in [2.45, 2.75) is 13.3 Å². The molecule has 0 radical (unpaired) electrons. The molecule has 0 spiro atoms. The molecule has 5 nitrogen and oxygen atoms in total. The Balaban J connectivity index is 4.03. The zero-order chi connectivity index (χ0) is 8.91. The van der Waals surface area contributed by atoms with Crippen LogP contribution in [-0.4, -0.2) is 26.6 Å². The molecule has 0 fully saturated rings. The van der Waals surface area contributed by atoms with Crippen LogP contribution in [0.25, 0.3) is 0 Å². The molecule has 0 saturated carbocycles. The van der Waals surface area contributed by atoms with Gasteiger partial charge in [-0.05, 0) is 6.42 Å². The predicted octanol–water partition coefficient (Wildman–Crippen LogP) is -1.20. The Morgan fingerprint density at radius 2 is 2.09 bits per heavy atom. The van der Waals surface area contributed by atoms with E-state index in [1.54, 1.807) is 6.92 Å². The minimum atomic E-state index is -3.42. The van der Waals surface area contributed by atoms with E-state index in [2.05, 4.69) is 0 Å². The van der Waals surface area contributed by atoms with Gasteiger partial charge < -0.3 is 5.73 Å². The highest BCUT2D eigenvalue weighted by atomic mass is 32.2. The van der Waals surface area contributed by atoms with Crippen LogP contribution in [-0.2, 0) is 14.8 Å². The van der Waals surface area contributed by atoms with Crippen molar-refractivity contribution in [1.29, 1.82) is 0 Å². The Kier molecular flexibility index (Phi) is 4.06. The lowest BCUT2D eigenvalue weighted by Gasteiger charge is -2.02. The van der Waals surface area contributed by atoms with Gasteiger partial charge in [-0.25, -0.2) is 8.42 Å². The first kappa shape index (κ1) is 10.4. The molecule has 0 saturated heterocycles. The average Bonchev–Trinajstić information content (AvgIpc) is 1.86. The second-order valence-corrected chi connectivity index (χ2v) is 3.89. The van der Waals surface area contributed by atoms with Crippen LogP contribution in [0.4, 0.5) is 0 Å². The Morgan fingerprint density at radius 1 is 1.55 bits per heavy atom. The molecule has 66 valence electrons. The number of nitrogens with one attached hydrogen (secondary N) is 1. The molecule has 0 aliphatic rings. The molecule has 11 heavy (non-hydrogen) atoms. The van der Waals surface area contributed by atoms with Crippen molar-refractivity contribution in [3.63, 3.8) is 0 Å². The van der Waals surface area contributed by atoms with Crippen LogP contribution in [0.3, 0.4) is 0 Å². The van der Waals surface area contributed by atoms with Crippen molar-refractivity contribution in [3.05, 3.63) is 0 Å². The zero-order valence-corrected chi connectivity index (χ0v) is 7.15. The second-order valence-electron chi connectivity index (χ2n) is 2.05. The summed E-state index contributed by atoms with van der Waals surface area (Å²) < 4.78 is 23.4. The summed E-state index contributed by atoms with van der Waals surface area (Å²) in [5, 5.41) is 0. The van der Waals surface area contributed by atoms with Crippen LogP contribution in [0.5, 0.6) is 0 Å². The van der Waals surface area contributed by atoms with E-state index in [-0.39, 0.29) is 12.3 Å². The normalized spacial score (nSPS) is 11.1. The van der Waals surface area contributed by atoms with Gasteiger partial charge in [-0.3, -0.25) is 9.52 Å². The van der Waals surface area contributed by atoms with Gasteiger partial charge in [0, 0.05) is 0 Å². The molecule has 0 heterocycles. The summed E-state index contributed by atoms with van der Waals surface area (Å²) in [6.45, 7) is 1.41. The SMILES string of the molecule is CCCS(=O)(=O)NC(=O)CN. The summed E-state index contributed by atoms with van der Waals surface area (Å²) in [6, 6.07) is 0. The van der Waals surface area contributed by atoms with Gasteiger partial charge in [-0.15, -0.1) is 0 Å². The molecule has 0 bridgehead atoms. The van der Waals surface area contributed by atoms with Crippen molar-refractivity contribution in [2.75, 3.05) is 12.3 Å². The van der Waals surface area contributed by atoms with Crippen molar-refractivity contribution < 1.29 is 13.2 Å². The maximum atomic E-state index is 10.8. The second kappa shape index (κ2) is 4.30. The highest BCUT2D eigenvalue weighted by Gasteiger charge is 2.10. The molecular weight excluding hydrogens is 168 g/mol. The fourth-order valence-corrected chi connectivity index (χ4v) is 1.60. The molecular formula is C5H12N2O3S. The van der Waals surface area contributed by atoms with Gasteiger partial charge in [0.05, 0.1) is 12.3 Å². The van der Waals surface area contributed by atoms with Crippen LogP contribution >= 0.6 is 0 Å². The Labute approximate surface area is 66.0 Å². The fourth-order valence-electron chi connectivity index (χ4n) is 0.535. The fraction of sp³-hybridized carbons (Fsp3) is 0.800. The summed E-state index contributed by atoms with van der Waals surface area (Å²) in [5.41, 5.74) is 4.90. The van der Waals surface area contributed by atoms with Crippen molar-refractivity contribution in [3.8, 4) is 0 Å². The first-order valence-electron chi connectivity index (χ1n) is 3.25. The number of sulfonamides is 1. The number of nitrogens with two attached hydrogens (primary N) is 1. The van der Waals surface area contributed by atoms with E-state index in [1.165, 1.54) is 0 Å². The van der Waals surface area contributed by atoms with Gasteiger partial charge in [0.15, 0.2) is 0 Å². The molecule has 0 unspecified atom stereocenters. The molecule has 0 rings (SSSR count). The van der Waals surface area contributed by atoms with E-state index in [4.69, 9.17) is 5.73 Å². The first-order chi connectivity index (χ1) is 5.02. The van der Waals surface area contributed by atoms with Gasteiger partial charge in [0.2, 0.25) is 15.9 Å². The molecule has 0 aromatic heterocycles. The zero-order valence-electron chi connectivity index (χ0n) is 6.33. The van der Waals surface area contributed by atoms with Gasteiger partial charge in [0.25, 0.3) is 0 Å². The molecule has 6 heteroatoms. The van der Waals surface area contributed by atoms with Crippen molar-refractivity contribution in [1.82, 2.24) is 4.72 Å². The highest BCUT2D eigenvalue weighted by Crippen LogP contribution is 1.86. The van der Waals surface area contributed by atoms with E-state index in [1.807, 2.05) is 4.72 Å². The number of carbonyl (C=O) groups excluding carboxylic acids is 1. The minimum absolute atomic E-state index is 0.0429. The first-order valence-corrected chi connectivity index (χ1v) is 4.90.